The summed E-state index contributed by atoms with van der Waals surface area (Å²) < 4.78 is 0. The number of carboxylic acid groups (broad SMARTS) is 1. The molecule has 0 aromatic heterocycles. The number of carbonyl (C=O) groups is 1. The molecule has 0 atom stereocenters. The van der Waals surface area contributed by atoms with Crippen LogP contribution in [0.15, 0.2) is 11.6 Å². The Hall–Kier alpha value is -0.440. The van der Waals surface area contributed by atoms with Gasteiger partial charge in [-0.15, -0.1) is 0 Å². The van der Waals surface area contributed by atoms with E-state index in [4.69, 9.17) is 5.11 Å². The smallest absolute Gasteiger partial charge is 0.328 e. The average Bonchev–Trinajstić information content (AvgIpc) is 1.86. The Labute approximate surface area is 71.7 Å². The molecular weight excluding hydrogens is 160 g/mol. The van der Waals surface area contributed by atoms with E-state index in [1.165, 1.54) is 6.08 Å². The van der Waals surface area contributed by atoms with Crippen LogP contribution in [0.3, 0.4) is 0 Å². The Morgan fingerprint density at radius 1 is 1.64 bits per heavy atom. The van der Waals surface area contributed by atoms with Crippen molar-refractivity contribution >= 4 is 17.7 Å². The van der Waals surface area contributed by atoms with Crippen LogP contribution in [-0.2, 0) is 4.79 Å². The zero-order chi connectivity index (χ0) is 8.69. The molecule has 0 spiro atoms. The molecule has 0 aromatic carbocycles. The van der Waals surface area contributed by atoms with Crippen LogP contribution in [0, 0.1) is 0 Å². The molecule has 0 bridgehead atoms. The summed E-state index contributed by atoms with van der Waals surface area (Å²) in [5, 5.41) is 8.35. The zero-order valence-electron chi connectivity index (χ0n) is 6.96. The molecule has 0 saturated heterocycles. The van der Waals surface area contributed by atoms with E-state index in [1.54, 1.807) is 11.8 Å². The highest BCUT2D eigenvalue weighted by Crippen LogP contribution is 2.07. The molecule has 0 aliphatic heterocycles. The minimum Gasteiger partial charge on any atom is -0.478 e. The predicted octanol–water partition coefficient (Wildman–Crippen LogP) is 2.16. The highest BCUT2D eigenvalue weighted by Gasteiger charge is 1.93. The first-order valence-electron chi connectivity index (χ1n) is 3.64. The third-order valence-electron chi connectivity index (χ3n) is 1.05. The normalized spacial score (nSPS) is 11.6. The van der Waals surface area contributed by atoms with Gasteiger partial charge in [-0.3, -0.25) is 0 Å². The minimum atomic E-state index is -0.848. The van der Waals surface area contributed by atoms with Crippen LogP contribution in [0.1, 0.15) is 20.3 Å². The monoisotopic (exact) mass is 174 g/mol. The van der Waals surface area contributed by atoms with Crippen molar-refractivity contribution in [3.8, 4) is 0 Å². The maximum absolute atomic E-state index is 10.2. The largest absolute Gasteiger partial charge is 0.478 e. The summed E-state index contributed by atoms with van der Waals surface area (Å²) in [6.07, 6.45) is 2.41. The van der Waals surface area contributed by atoms with Gasteiger partial charge in [-0.25, -0.2) is 4.79 Å². The highest BCUT2D eigenvalue weighted by atomic mass is 32.2. The highest BCUT2D eigenvalue weighted by molar-refractivity contribution is 7.99. The van der Waals surface area contributed by atoms with Crippen molar-refractivity contribution in [1.82, 2.24) is 0 Å². The fraction of sp³-hybridized carbons (Fsp3) is 0.625. The van der Waals surface area contributed by atoms with E-state index >= 15 is 0 Å². The van der Waals surface area contributed by atoms with Crippen LogP contribution in [0.5, 0.6) is 0 Å². The maximum atomic E-state index is 10.2. The van der Waals surface area contributed by atoms with E-state index in [0.717, 1.165) is 23.5 Å². The summed E-state index contributed by atoms with van der Waals surface area (Å²) in [6, 6.07) is 0. The number of thioether (sulfide) groups is 1. The lowest BCUT2D eigenvalue weighted by Gasteiger charge is -1.97. The lowest BCUT2D eigenvalue weighted by Crippen LogP contribution is -1.92. The molecule has 0 unspecified atom stereocenters. The Morgan fingerprint density at radius 2 is 2.27 bits per heavy atom. The minimum absolute atomic E-state index is 0.833. The number of hydrogen-bond acceptors (Lipinski definition) is 2. The van der Waals surface area contributed by atoms with Gasteiger partial charge in [-0.2, -0.15) is 11.8 Å². The first kappa shape index (κ1) is 10.6. The van der Waals surface area contributed by atoms with E-state index in [9.17, 15) is 4.79 Å². The van der Waals surface area contributed by atoms with Crippen LogP contribution in [-0.4, -0.2) is 22.6 Å². The predicted molar refractivity (Wildman–Crippen MR) is 49.0 cm³/mol. The number of carboxylic acids is 1. The molecule has 0 radical (unpaired) electrons. The van der Waals surface area contributed by atoms with Crippen LogP contribution in [0.2, 0.25) is 0 Å². The van der Waals surface area contributed by atoms with E-state index in [0.29, 0.717) is 0 Å². The average molecular weight is 174 g/mol. The first-order chi connectivity index (χ1) is 5.16. The Bertz CT molecular complexity index is 152. The van der Waals surface area contributed by atoms with Crippen molar-refractivity contribution in [2.45, 2.75) is 20.3 Å². The Balaban J connectivity index is 3.51. The quantitative estimate of drug-likeness (QED) is 0.512. The molecule has 3 heteroatoms. The van der Waals surface area contributed by atoms with Crippen molar-refractivity contribution in [2.75, 3.05) is 11.5 Å². The van der Waals surface area contributed by atoms with E-state index < -0.39 is 5.97 Å². The number of rotatable bonds is 5. The lowest BCUT2D eigenvalue weighted by molar-refractivity contribution is -0.131. The second-order valence-corrected chi connectivity index (χ2v) is 3.49. The summed E-state index contributed by atoms with van der Waals surface area (Å²) in [5.74, 6) is 1.09. The fourth-order valence-corrected chi connectivity index (χ4v) is 1.47. The van der Waals surface area contributed by atoms with Crippen molar-refractivity contribution in [1.29, 1.82) is 0 Å². The van der Waals surface area contributed by atoms with Crippen LogP contribution in [0.4, 0.5) is 0 Å². The topological polar surface area (TPSA) is 37.3 Å². The van der Waals surface area contributed by atoms with Gasteiger partial charge >= 0.3 is 5.97 Å². The molecule has 0 aromatic rings. The summed E-state index contributed by atoms with van der Waals surface area (Å²) in [6.45, 7) is 3.96. The van der Waals surface area contributed by atoms with Crippen molar-refractivity contribution in [3.05, 3.63) is 11.6 Å². The third-order valence-corrected chi connectivity index (χ3v) is 2.40. The van der Waals surface area contributed by atoms with Gasteiger partial charge in [0.1, 0.15) is 0 Å². The van der Waals surface area contributed by atoms with Gasteiger partial charge in [0.15, 0.2) is 0 Å². The second-order valence-electron chi connectivity index (χ2n) is 2.38. The van der Waals surface area contributed by atoms with Crippen LogP contribution < -0.4 is 0 Å². The lowest BCUT2D eigenvalue weighted by atomic mass is 10.3. The van der Waals surface area contributed by atoms with E-state index in [-0.39, 0.29) is 0 Å². The Morgan fingerprint density at radius 3 is 2.73 bits per heavy atom. The molecule has 1 N–H and O–H groups in total. The summed E-state index contributed by atoms with van der Waals surface area (Å²) in [7, 11) is 0. The Kier molecular flexibility index (Phi) is 6.03. The number of aliphatic carboxylic acids is 1. The van der Waals surface area contributed by atoms with Gasteiger partial charge in [0.2, 0.25) is 0 Å². The number of hydrogen-bond donors (Lipinski definition) is 1. The van der Waals surface area contributed by atoms with Gasteiger partial charge in [0.25, 0.3) is 0 Å². The van der Waals surface area contributed by atoms with Gasteiger partial charge < -0.3 is 5.11 Å². The van der Waals surface area contributed by atoms with Crippen molar-refractivity contribution < 1.29 is 9.90 Å². The van der Waals surface area contributed by atoms with Gasteiger partial charge in [0, 0.05) is 11.8 Å². The van der Waals surface area contributed by atoms with Crippen LogP contribution in [0.25, 0.3) is 0 Å². The van der Waals surface area contributed by atoms with Crippen LogP contribution >= 0.6 is 11.8 Å². The molecule has 0 aliphatic carbocycles. The molecule has 0 amide bonds. The van der Waals surface area contributed by atoms with Gasteiger partial charge in [-0.05, 0) is 19.1 Å². The zero-order valence-corrected chi connectivity index (χ0v) is 7.78. The fourth-order valence-electron chi connectivity index (χ4n) is 0.630. The van der Waals surface area contributed by atoms with Crippen molar-refractivity contribution in [3.63, 3.8) is 0 Å². The maximum Gasteiger partial charge on any atom is 0.328 e. The van der Waals surface area contributed by atoms with E-state index in [1.807, 2.05) is 6.92 Å². The second kappa shape index (κ2) is 6.28. The molecule has 0 heterocycles. The molecule has 64 valence electrons. The molecule has 0 fully saturated rings. The van der Waals surface area contributed by atoms with Gasteiger partial charge in [0.05, 0.1) is 0 Å². The molecule has 2 nitrogen and oxygen atoms in total. The van der Waals surface area contributed by atoms with Gasteiger partial charge in [-0.1, -0.05) is 12.5 Å². The molecule has 0 aliphatic rings. The molecular formula is C8H14O2S. The van der Waals surface area contributed by atoms with Crippen molar-refractivity contribution in [2.24, 2.45) is 0 Å². The molecule has 0 rings (SSSR count). The molecule has 0 saturated carbocycles. The summed E-state index contributed by atoms with van der Waals surface area (Å²) in [5.41, 5.74) is 0.927. The SMILES string of the molecule is CCCSCC(C)=CC(=O)O. The standard InChI is InChI=1S/C8H14O2S/c1-3-4-11-6-7(2)5-8(9)10/h5H,3-4,6H2,1-2H3,(H,9,10). The van der Waals surface area contributed by atoms with E-state index in [2.05, 4.69) is 6.92 Å². The molecule has 11 heavy (non-hydrogen) atoms. The summed E-state index contributed by atoms with van der Waals surface area (Å²) in [4.78, 5) is 10.2. The third kappa shape index (κ3) is 7.46. The summed E-state index contributed by atoms with van der Waals surface area (Å²) >= 11 is 1.77. The first-order valence-corrected chi connectivity index (χ1v) is 4.80.